The Morgan fingerprint density at radius 2 is 2.07 bits per heavy atom. The van der Waals surface area contributed by atoms with Crippen LogP contribution in [0.3, 0.4) is 0 Å². The molecule has 1 fully saturated rings. The molecule has 14 heavy (non-hydrogen) atoms. The fourth-order valence-electron chi connectivity index (χ4n) is 1.95. The van der Waals surface area contributed by atoms with Gasteiger partial charge < -0.3 is 0 Å². The van der Waals surface area contributed by atoms with E-state index in [9.17, 15) is 9.18 Å². The van der Waals surface area contributed by atoms with E-state index in [1.807, 2.05) is 6.07 Å². The minimum atomic E-state index is -0.490. The number of aryl methyl sites for hydroxylation is 1. The highest BCUT2D eigenvalue weighted by Gasteiger charge is 2.50. The normalized spacial score (nSPS) is 17.9. The molecule has 0 amide bonds. The van der Waals surface area contributed by atoms with Crippen LogP contribution in [-0.4, -0.2) is 5.78 Å². The molecule has 0 unspecified atom stereocenters. The van der Waals surface area contributed by atoms with Gasteiger partial charge >= 0.3 is 0 Å². The third kappa shape index (κ3) is 1.17. The van der Waals surface area contributed by atoms with Crippen molar-refractivity contribution in [3.05, 3.63) is 35.1 Å². The molecule has 0 spiro atoms. The van der Waals surface area contributed by atoms with E-state index in [2.05, 4.69) is 0 Å². The molecule has 2 heteroatoms. The molecule has 0 saturated heterocycles. The lowest BCUT2D eigenvalue weighted by atomic mass is 9.90. The van der Waals surface area contributed by atoms with Crippen LogP contribution in [0.2, 0.25) is 0 Å². The first-order chi connectivity index (χ1) is 6.58. The monoisotopic (exact) mass is 192 g/mol. The van der Waals surface area contributed by atoms with E-state index < -0.39 is 5.41 Å². The molecule has 1 aliphatic carbocycles. The molecular formula is C12H13FO. The number of Topliss-reactive ketones (excluding diaryl/α,β-unsaturated/α-hetero) is 1. The number of hydrogen-bond acceptors (Lipinski definition) is 1. The van der Waals surface area contributed by atoms with Crippen LogP contribution in [0.5, 0.6) is 0 Å². The lowest BCUT2D eigenvalue weighted by Gasteiger charge is -2.13. The van der Waals surface area contributed by atoms with Crippen LogP contribution in [0.15, 0.2) is 18.2 Å². The average Bonchev–Trinajstić information content (AvgIpc) is 2.90. The van der Waals surface area contributed by atoms with Crippen molar-refractivity contribution in [1.82, 2.24) is 0 Å². The Kier molecular flexibility index (Phi) is 1.95. The molecule has 1 aromatic carbocycles. The molecule has 1 nitrogen and oxygen atoms in total. The Labute approximate surface area is 82.9 Å². The molecule has 1 aliphatic rings. The molecule has 74 valence electrons. The van der Waals surface area contributed by atoms with Gasteiger partial charge in [-0.15, -0.1) is 0 Å². The number of rotatable bonds is 2. The van der Waals surface area contributed by atoms with Crippen LogP contribution < -0.4 is 0 Å². The second kappa shape index (κ2) is 2.91. The van der Waals surface area contributed by atoms with E-state index in [0.717, 1.165) is 12.8 Å². The molecule has 0 aliphatic heterocycles. The fraction of sp³-hybridized carbons (Fsp3) is 0.417. The van der Waals surface area contributed by atoms with Gasteiger partial charge in [0.1, 0.15) is 11.6 Å². The van der Waals surface area contributed by atoms with Gasteiger partial charge in [0.2, 0.25) is 0 Å². The van der Waals surface area contributed by atoms with Gasteiger partial charge in [-0.3, -0.25) is 4.79 Å². The SMILES string of the molecule is CC(=O)C1(c2cccc(C)c2F)CC1. The summed E-state index contributed by atoms with van der Waals surface area (Å²) in [5.74, 6) is -0.123. The smallest absolute Gasteiger partial charge is 0.140 e. The minimum absolute atomic E-state index is 0.0852. The Morgan fingerprint density at radius 3 is 2.57 bits per heavy atom. The van der Waals surface area contributed by atoms with Gasteiger partial charge in [-0.1, -0.05) is 18.2 Å². The summed E-state index contributed by atoms with van der Waals surface area (Å²) in [5, 5.41) is 0. The van der Waals surface area contributed by atoms with Gasteiger partial charge in [-0.05, 0) is 32.3 Å². The van der Waals surface area contributed by atoms with Crippen molar-refractivity contribution in [2.45, 2.75) is 32.1 Å². The summed E-state index contributed by atoms with van der Waals surface area (Å²) in [5.41, 5.74) is 0.718. The predicted octanol–water partition coefficient (Wildman–Crippen LogP) is 2.75. The van der Waals surface area contributed by atoms with Crippen LogP contribution in [-0.2, 0) is 10.2 Å². The average molecular weight is 192 g/mol. The van der Waals surface area contributed by atoms with Crippen molar-refractivity contribution in [2.24, 2.45) is 0 Å². The molecule has 0 N–H and O–H groups in total. The van der Waals surface area contributed by atoms with Crippen molar-refractivity contribution in [3.63, 3.8) is 0 Å². The third-order valence-electron chi connectivity index (χ3n) is 3.13. The van der Waals surface area contributed by atoms with E-state index in [1.54, 1.807) is 26.0 Å². The number of ketones is 1. The summed E-state index contributed by atoms with van der Waals surface area (Å²) in [6.07, 6.45) is 1.59. The molecule has 0 atom stereocenters. The zero-order valence-corrected chi connectivity index (χ0v) is 8.43. The van der Waals surface area contributed by atoms with E-state index in [0.29, 0.717) is 11.1 Å². The highest BCUT2D eigenvalue weighted by atomic mass is 19.1. The summed E-state index contributed by atoms with van der Waals surface area (Å²) in [7, 11) is 0. The zero-order chi connectivity index (χ0) is 10.3. The topological polar surface area (TPSA) is 17.1 Å². The van der Waals surface area contributed by atoms with Gasteiger partial charge in [-0.2, -0.15) is 0 Å². The number of carbonyl (C=O) groups excluding carboxylic acids is 1. The lowest BCUT2D eigenvalue weighted by Crippen LogP contribution is -2.18. The van der Waals surface area contributed by atoms with E-state index in [-0.39, 0.29) is 11.6 Å². The number of carbonyl (C=O) groups is 1. The van der Waals surface area contributed by atoms with Crippen molar-refractivity contribution in [3.8, 4) is 0 Å². The first-order valence-electron chi connectivity index (χ1n) is 4.84. The summed E-state index contributed by atoms with van der Waals surface area (Å²) in [4.78, 5) is 11.4. The maximum absolute atomic E-state index is 13.7. The number of hydrogen-bond donors (Lipinski definition) is 0. The first-order valence-corrected chi connectivity index (χ1v) is 4.84. The van der Waals surface area contributed by atoms with Gasteiger partial charge in [0.05, 0.1) is 5.41 Å². The molecule has 0 radical (unpaired) electrons. The molecular weight excluding hydrogens is 179 g/mol. The zero-order valence-electron chi connectivity index (χ0n) is 8.43. The van der Waals surface area contributed by atoms with Crippen molar-refractivity contribution in [1.29, 1.82) is 0 Å². The molecule has 1 aromatic rings. The second-order valence-electron chi connectivity index (χ2n) is 4.07. The number of benzene rings is 1. The maximum Gasteiger partial charge on any atom is 0.140 e. The Balaban J connectivity index is 2.52. The minimum Gasteiger partial charge on any atom is -0.299 e. The van der Waals surface area contributed by atoms with Gasteiger partial charge in [0, 0.05) is 5.56 Å². The largest absolute Gasteiger partial charge is 0.299 e. The Bertz CT molecular complexity index is 391. The van der Waals surface area contributed by atoms with Crippen molar-refractivity contribution < 1.29 is 9.18 Å². The summed E-state index contributed by atoms with van der Waals surface area (Å²) in [6, 6.07) is 5.28. The molecule has 0 bridgehead atoms. The van der Waals surface area contributed by atoms with Gasteiger partial charge in [0.25, 0.3) is 0 Å². The highest BCUT2D eigenvalue weighted by Crippen LogP contribution is 2.49. The van der Waals surface area contributed by atoms with Gasteiger partial charge in [0.15, 0.2) is 0 Å². The van der Waals surface area contributed by atoms with Crippen molar-refractivity contribution >= 4 is 5.78 Å². The van der Waals surface area contributed by atoms with Crippen LogP contribution >= 0.6 is 0 Å². The van der Waals surface area contributed by atoms with Crippen molar-refractivity contribution in [2.75, 3.05) is 0 Å². The second-order valence-corrected chi connectivity index (χ2v) is 4.07. The third-order valence-corrected chi connectivity index (χ3v) is 3.13. The Hall–Kier alpha value is -1.18. The van der Waals surface area contributed by atoms with Crippen LogP contribution in [0.25, 0.3) is 0 Å². The summed E-state index contributed by atoms with van der Waals surface area (Å²) in [6.45, 7) is 3.28. The first kappa shape index (κ1) is 9.38. The van der Waals surface area contributed by atoms with Gasteiger partial charge in [-0.25, -0.2) is 4.39 Å². The molecule has 0 aromatic heterocycles. The van der Waals surface area contributed by atoms with Crippen LogP contribution in [0.1, 0.15) is 30.9 Å². The predicted molar refractivity (Wildman–Crippen MR) is 52.7 cm³/mol. The van der Waals surface area contributed by atoms with E-state index in [1.165, 1.54) is 0 Å². The highest BCUT2D eigenvalue weighted by molar-refractivity contribution is 5.91. The maximum atomic E-state index is 13.7. The number of halogens is 1. The standard InChI is InChI=1S/C12H13FO/c1-8-4-3-5-10(11(8)13)12(6-7-12)9(2)14/h3-5H,6-7H2,1-2H3. The molecule has 0 heterocycles. The molecule has 2 rings (SSSR count). The summed E-state index contributed by atoms with van der Waals surface area (Å²) < 4.78 is 13.7. The quantitative estimate of drug-likeness (QED) is 0.704. The van der Waals surface area contributed by atoms with E-state index in [4.69, 9.17) is 0 Å². The van der Waals surface area contributed by atoms with E-state index >= 15 is 0 Å². The Morgan fingerprint density at radius 1 is 1.43 bits per heavy atom. The van der Waals surface area contributed by atoms with Crippen LogP contribution in [0.4, 0.5) is 4.39 Å². The fourth-order valence-corrected chi connectivity index (χ4v) is 1.95. The van der Waals surface area contributed by atoms with Crippen LogP contribution in [0, 0.1) is 12.7 Å². The lowest BCUT2D eigenvalue weighted by molar-refractivity contribution is -0.119. The molecule has 1 saturated carbocycles. The summed E-state index contributed by atoms with van der Waals surface area (Å²) >= 11 is 0.